The summed E-state index contributed by atoms with van der Waals surface area (Å²) in [5, 5.41) is 13.8. The van der Waals surface area contributed by atoms with Crippen molar-refractivity contribution >= 4 is 28.3 Å². The molecule has 20 heavy (non-hydrogen) atoms. The third-order valence-corrected chi connectivity index (χ3v) is 3.46. The second-order valence-corrected chi connectivity index (χ2v) is 4.82. The Hall–Kier alpha value is -2.44. The topological polar surface area (TPSA) is 49.0 Å². The summed E-state index contributed by atoms with van der Waals surface area (Å²) in [7, 11) is 0. The first-order chi connectivity index (χ1) is 9.78. The maximum absolute atomic E-state index is 8.96. The molecule has 1 N–H and O–H groups in total. The minimum Gasteiger partial charge on any atom is -0.464 e. The van der Waals surface area contributed by atoms with Gasteiger partial charge >= 0.3 is 0 Å². The Balaban J connectivity index is 1.81. The third kappa shape index (κ3) is 2.34. The van der Waals surface area contributed by atoms with Gasteiger partial charge in [0.2, 0.25) is 0 Å². The lowest BCUT2D eigenvalue weighted by Crippen LogP contribution is -1.98. The maximum atomic E-state index is 8.96. The standard InChI is InChI=1S/C16H11ClN2O/c17-15-6-5-13(7-11(15)8-18)19-9-12-10-20-16-4-2-1-3-14(12)16/h1-7,10,19H,9H2. The summed E-state index contributed by atoms with van der Waals surface area (Å²) in [5.41, 5.74) is 3.28. The van der Waals surface area contributed by atoms with E-state index in [0.717, 1.165) is 22.2 Å². The van der Waals surface area contributed by atoms with E-state index in [2.05, 4.69) is 11.4 Å². The molecule has 0 atom stereocenters. The number of furan rings is 1. The molecule has 4 heteroatoms. The number of nitrogens with one attached hydrogen (secondary N) is 1. The van der Waals surface area contributed by atoms with Gasteiger partial charge in [-0.15, -0.1) is 0 Å². The van der Waals surface area contributed by atoms with Crippen molar-refractivity contribution in [2.45, 2.75) is 6.54 Å². The van der Waals surface area contributed by atoms with Crippen LogP contribution < -0.4 is 5.32 Å². The van der Waals surface area contributed by atoms with Crippen LogP contribution in [0.5, 0.6) is 0 Å². The fraction of sp³-hybridized carbons (Fsp3) is 0.0625. The van der Waals surface area contributed by atoms with Gasteiger partial charge < -0.3 is 9.73 Å². The van der Waals surface area contributed by atoms with Gasteiger partial charge in [-0.3, -0.25) is 0 Å². The van der Waals surface area contributed by atoms with E-state index in [1.807, 2.05) is 30.3 Å². The van der Waals surface area contributed by atoms with Crippen molar-refractivity contribution in [1.82, 2.24) is 0 Å². The number of benzene rings is 2. The molecule has 0 radical (unpaired) electrons. The van der Waals surface area contributed by atoms with Crippen molar-refractivity contribution in [2.75, 3.05) is 5.32 Å². The number of fused-ring (bicyclic) bond motifs is 1. The molecule has 0 aliphatic rings. The van der Waals surface area contributed by atoms with Crippen molar-refractivity contribution in [2.24, 2.45) is 0 Å². The largest absolute Gasteiger partial charge is 0.464 e. The Labute approximate surface area is 121 Å². The SMILES string of the molecule is N#Cc1cc(NCc2coc3ccccc23)ccc1Cl. The number of anilines is 1. The summed E-state index contributed by atoms with van der Waals surface area (Å²) in [6.45, 7) is 0.628. The zero-order chi connectivity index (χ0) is 13.9. The Morgan fingerprint density at radius 3 is 2.90 bits per heavy atom. The first kappa shape index (κ1) is 12.6. The molecule has 0 unspecified atom stereocenters. The summed E-state index contributed by atoms with van der Waals surface area (Å²) >= 11 is 5.91. The molecule has 0 saturated carbocycles. The normalized spacial score (nSPS) is 10.4. The smallest absolute Gasteiger partial charge is 0.134 e. The number of hydrogen-bond donors (Lipinski definition) is 1. The van der Waals surface area contributed by atoms with Crippen LogP contribution in [0, 0.1) is 11.3 Å². The number of nitrogens with zero attached hydrogens (tertiary/aromatic N) is 1. The van der Waals surface area contributed by atoms with Crippen LogP contribution >= 0.6 is 11.6 Å². The van der Waals surface area contributed by atoms with Crippen LogP contribution in [0.2, 0.25) is 5.02 Å². The molecular weight excluding hydrogens is 272 g/mol. The van der Waals surface area contributed by atoms with Crippen molar-refractivity contribution in [3.8, 4) is 6.07 Å². The minimum atomic E-state index is 0.465. The Bertz CT molecular complexity index is 802. The molecule has 1 aromatic heterocycles. The first-order valence-electron chi connectivity index (χ1n) is 6.16. The van der Waals surface area contributed by atoms with Crippen LogP contribution in [-0.4, -0.2) is 0 Å². The molecule has 0 aliphatic heterocycles. The molecular formula is C16H11ClN2O. The van der Waals surface area contributed by atoms with E-state index in [9.17, 15) is 0 Å². The Morgan fingerprint density at radius 1 is 1.20 bits per heavy atom. The van der Waals surface area contributed by atoms with E-state index in [0.29, 0.717) is 17.1 Å². The summed E-state index contributed by atoms with van der Waals surface area (Å²) < 4.78 is 5.49. The van der Waals surface area contributed by atoms with E-state index < -0.39 is 0 Å². The maximum Gasteiger partial charge on any atom is 0.134 e. The quantitative estimate of drug-likeness (QED) is 0.765. The van der Waals surface area contributed by atoms with Crippen LogP contribution in [0.25, 0.3) is 11.0 Å². The molecule has 0 aliphatic carbocycles. The minimum absolute atomic E-state index is 0.465. The fourth-order valence-electron chi connectivity index (χ4n) is 2.09. The molecule has 3 nitrogen and oxygen atoms in total. The summed E-state index contributed by atoms with van der Waals surface area (Å²) in [4.78, 5) is 0. The van der Waals surface area contributed by atoms with E-state index in [1.165, 1.54) is 0 Å². The fourth-order valence-corrected chi connectivity index (χ4v) is 2.25. The van der Waals surface area contributed by atoms with Gasteiger partial charge in [-0.05, 0) is 24.3 Å². The van der Waals surface area contributed by atoms with Gasteiger partial charge in [-0.2, -0.15) is 5.26 Å². The van der Waals surface area contributed by atoms with Crippen molar-refractivity contribution in [1.29, 1.82) is 5.26 Å². The predicted octanol–water partition coefficient (Wildman–Crippen LogP) is 4.57. The molecule has 1 heterocycles. The van der Waals surface area contributed by atoms with Crippen molar-refractivity contribution in [3.63, 3.8) is 0 Å². The first-order valence-corrected chi connectivity index (χ1v) is 6.54. The molecule has 0 fully saturated rings. The number of para-hydroxylation sites is 1. The molecule has 98 valence electrons. The highest BCUT2D eigenvalue weighted by Gasteiger charge is 2.05. The summed E-state index contributed by atoms with van der Waals surface area (Å²) in [6.07, 6.45) is 1.75. The van der Waals surface area contributed by atoms with Crippen LogP contribution in [0.1, 0.15) is 11.1 Å². The van der Waals surface area contributed by atoms with Gasteiger partial charge in [0.15, 0.2) is 0 Å². The monoisotopic (exact) mass is 282 g/mol. The van der Waals surface area contributed by atoms with Gasteiger partial charge in [0.1, 0.15) is 11.7 Å². The number of halogens is 1. The molecule has 0 amide bonds. The summed E-state index contributed by atoms with van der Waals surface area (Å²) in [6, 6.07) is 15.3. The average Bonchev–Trinajstić information content (AvgIpc) is 2.90. The molecule has 0 bridgehead atoms. The Kier molecular flexibility index (Phi) is 3.32. The lowest BCUT2D eigenvalue weighted by Gasteiger charge is -2.06. The molecule has 3 rings (SSSR count). The molecule has 2 aromatic carbocycles. The number of rotatable bonds is 3. The Morgan fingerprint density at radius 2 is 2.05 bits per heavy atom. The molecule has 3 aromatic rings. The second-order valence-electron chi connectivity index (χ2n) is 4.42. The zero-order valence-corrected chi connectivity index (χ0v) is 11.3. The van der Waals surface area contributed by atoms with E-state index >= 15 is 0 Å². The number of hydrogen-bond acceptors (Lipinski definition) is 3. The van der Waals surface area contributed by atoms with Crippen molar-refractivity contribution in [3.05, 3.63) is 64.9 Å². The lowest BCUT2D eigenvalue weighted by atomic mass is 10.1. The lowest BCUT2D eigenvalue weighted by molar-refractivity contribution is 0.611. The van der Waals surface area contributed by atoms with Crippen LogP contribution in [0.15, 0.2) is 53.1 Å². The summed E-state index contributed by atoms with van der Waals surface area (Å²) in [5.74, 6) is 0. The highest BCUT2D eigenvalue weighted by atomic mass is 35.5. The van der Waals surface area contributed by atoms with Gasteiger partial charge in [0.05, 0.1) is 16.8 Å². The van der Waals surface area contributed by atoms with Crippen molar-refractivity contribution < 1.29 is 4.42 Å². The van der Waals surface area contributed by atoms with Gasteiger partial charge in [0.25, 0.3) is 0 Å². The zero-order valence-electron chi connectivity index (χ0n) is 10.6. The van der Waals surface area contributed by atoms with Gasteiger partial charge in [-0.25, -0.2) is 0 Å². The van der Waals surface area contributed by atoms with E-state index in [4.69, 9.17) is 21.3 Å². The molecule has 0 spiro atoms. The van der Waals surface area contributed by atoms with E-state index in [1.54, 1.807) is 18.4 Å². The average molecular weight is 283 g/mol. The van der Waals surface area contributed by atoms with Crippen LogP contribution in [0.4, 0.5) is 5.69 Å². The van der Waals surface area contributed by atoms with E-state index in [-0.39, 0.29) is 0 Å². The van der Waals surface area contributed by atoms with Crippen LogP contribution in [0.3, 0.4) is 0 Å². The van der Waals surface area contributed by atoms with Gasteiger partial charge in [0, 0.05) is 23.2 Å². The highest BCUT2D eigenvalue weighted by molar-refractivity contribution is 6.31. The van der Waals surface area contributed by atoms with Gasteiger partial charge in [-0.1, -0.05) is 29.8 Å². The second kappa shape index (κ2) is 5.28. The molecule has 0 saturated heterocycles. The number of nitriles is 1. The predicted molar refractivity (Wildman–Crippen MR) is 79.7 cm³/mol. The van der Waals surface area contributed by atoms with Crippen LogP contribution in [-0.2, 0) is 6.54 Å². The third-order valence-electron chi connectivity index (χ3n) is 3.13. The highest BCUT2D eigenvalue weighted by Crippen LogP contribution is 2.23.